The standard InChI is InChI=1S/C22H24F2N2O6S/c1-14(21(27)25-17-4-6-18(31-2)7-5-17)32-22(28)15-9-11-26(12-10-15)33(29,30)20-13-16(23)3-8-19(20)24/h3-8,13-15H,9-12H2,1-2H3,(H,25,27). The number of benzene rings is 2. The summed E-state index contributed by atoms with van der Waals surface area (Å²) in [6.45, 7) is 1.30. The number of anilines is 1. The number of methoxy groups -OCH3 is 1. The molecule has 0 aliphatic carbocycles. The largest absolute Gasteiger partial charge is 0.497 e. The van der Waals surface area contributed by atoms with Crippen LogP contribution in [0.25, 0.3) is 0 Å². The molecule has 1 aliphatic heterocycles. The van der Waals surface area contributed by atoms with Crippen LogP contribution in [0.4, 0.5) is 14.5 Å². The van der Waals surface area contributed by atoms with Crippen LogP contribution in [-0.2, 0) is 24.3 Å². The van der Waals surface area contributed by atoms with Crippen molar-refractivity contribution >= 4 is 27.6 Å². The number of halogens is 2. The van der Waals surface area contributed by atoms with E-state index in [1.807, 2.05) is 0 Å². The van der Waals surface area contributed by atoms with Gasteiger partial charge in [-0.05, 0) is 62.2 Å². The van der Waals surface area contributed by atoms with Crippen LogP contribution >= 0.6 is 0 Å². The molecule has 178 valence electrons. The number of nitrogens with zero attached hydrogens (tertiary/aromatic N) is 1. The predicted octanol–water partition coefficient (Wildman–Crippen LogP) is 2.94. The van der Waals surface area contributed by atoms with E-state index in [4.69, 9.17) is 9.47 Å². The van der Waals surface area contributed by atoms with Crippen molar-refractivity contribution in [1.82, 2.24) is 4.31 Å². The average molecular weight is 483 g/mol. The number of hydrogen-bond donors (Lipinski definition) is 1. The van der Waals surface area contributed by atoms with Gasteiger partial charge in [0.1, 0.15) is 22.3 Å². The number of carbonyl (C=O) groups excluding carboxylic acids is 2. The molecule has 1 N–H and O–H groups in total. The van der Waals surface area contributed by atoms with Gasteiger partial charge in [-0.15, -0.1) is 0 Å². The minimum absolute atomic E-state index is 0.0650. The molecule has 1 fully saturated rings. The van der Waals surface area contributed by atoms with Crippen molar-refractivity contribution in [3.05, 3.63) is 54.1 Å². The van der Waals surface area contributed by atoms with E-state index in [1.165, 1.54) is 14.0 Å². The maximum Gasteiger partial charge on any atom is 0.309 e. The lowest BCUT2D eigenvalue weighted by molar-refractivity contribution is -0.158. The first-order chi connectivity index (χ1) is 15.6. The van der Waals surface area contributed by atoms with Gasteiger partial charge in [0.2, 0.25) is 10.0 Å². The summed E-state index contributed by atoms with van der Waals surface area (Å²) < 4.78 is 64.0. The fraction of sp³-hybridized carbons (Fsp3) is 0.364. The minimum atomic E-state index is -4.25. The van der Waals surface area contributed by atoms with Crippen LogP contribution in [0.5, 0.6) is 5.75 Å². The van der Waals surface area contributed by atoms with Gasteiger partial charge in [-0.3, -0.25) is 9.59 Å². The lowest BCUT2D eigenvalue weighted by atomic mass is 9.98. The molecule has 2 aromatic rings. The number of nitrogens with one attached hydrogen (secondary N) is 1. The van der Waals surface area contributed by atoms with Gasteiger partial charge in [0, 0.05) is 18.8 Å². The molecule has 33 heavy (non-hydrogen) atoms. The molecule has 1 saturated heterocycles. The van der Waals surface area contributed by atoms with Gasteiger partial charge in [0.15, 0.2) is 6.10 Å². The van der Waals surface area contributed by atoms with Crippen molar-refractivity contribution in [3.63, 3.8) is 0 Å². The van der Waals surface area contributed by atoms with Crippen LogP contribution in [0.1, 0.15) is 19.8 Å². The maximum absolute atomic E-state index is 13.9. The highest BCUT2D eigenvalue weighted by Gasteiger charge is 2.35. The molecule has 8 nitrogen and oxygen atoms in total. The molecule has 0 bridgehead atoms. The second-order valence-corrected chi connectivity index (χ2v) is 9.46. The molecule has 0 spiro atoms. The number of rotatable bonds is 7. The van der Waals surface area contributed by atoms with Gasteiger partial charge in [0.25, 0.3) is 5.91 Å². The lowest BCUT2D eigenvalue weighted by Gasteiger charge is -2.30. The first kappa shape index (κ1) is 24.6. The number of esters is 1. The van der Waals surface area contributed by atoms with E-state index in [0.717, 1.165) is 16.4 Å². The molecule has 1 aliphatic rings. The molecule has 1 atom stereocenters. The zero-order valence-electron chi connectivity index (χ0n) is 18.1. The molecule has 0 aromatic heterocycles. The van der Waals surface area contributed by atoms with Crippen molar-refractivity contribution < 1.29 is 36.3 Å². The van der Waals surface area contributed by atoms with Gasteiger partial charge in [-0.25, -0.2) is 17.2 Å². The molecule has 1 heterocycles. The second-order valence-electron chi connectivity index (χ2n) is 7.55. The Kier molecular flexibility index (Phi) is 7.65. The molecule has 1 amide bonds. The highest BCUT2D eigenvalue weighted by molar-refractivity contribution is 7.89. The van der Waals surface area contributed by atoms with Crippen molar-refractivity contribution in [1.29, 1.82) is 0 Å². The fourth-order valence-electron chi connectivity index (χ4n) is 3.39. The van der Waals surface area contributed by atoms with E-state index >= 15 is 0 Å². The molecule has 1 unspecified atom stereocenters. The van der Waals surface area contributed by atoms with Crippen LogP contribution in [0, 0.1) is 17.6 Å². The molecule has 0 saturated carbocycles. The Labute approximate surface area is 190 Å². The van der Waals surface area contributed by atoms with Crippen molar-refractivity contribution in [2.75, 3.05) is 25.5 Å². The number of carbonyl (C=O) groups is 2. The van der Waals surface area contributed by atoms with Gasteiger partial charge < -0.3 is 14.8 Å². The fourth-order valence-corrected chi connectivity index (χ4v) is 4.93. The van der Waals surface area contributed by atoms with Crippen LogP contribution in [0.3, 0.4) is 0 Å². The van der Waals surface area contributed by atoms with Crippen molar-refractivity contribution in [2.24, 2.45) is 5.92 Å². The molecule has 2 aromatic carbocycles. The smallest absolute Gasteiger partial charge is 0.309 e. The number of amides is 1. The summed E-state index contributed by atoms with van der Waals surface area (Å²) in [6, 6.07) is 8.85. The Morgan fingerprint density at radius 2 is 1.73 bits per heavy atom. The number of hydrogen-bond acceptors (Lipinski definition) is 6. The van der Waals surface area contributed by atoms with E-state index in [-0.39, 0.29) is 25.9 Å². The quantitative estimate of drug-likeness (QED) is 0.609. The monoisotopic (exact) mass is 482 g/mol. The zero-order chi connectivity index (χ0) is 24.2. The van der Waals surface area contributed by atoms with Crippen LogP contribution < -0.4 is 10.1 Å². The Bertz CT molecular complexity index is 1120. The van der Waals surface area contributed by atoms with E-state index in [0.29, 0.717) is 17.5 Å². The highest BCUT2D eigenvalue weighted by atomic mass is 32.2. The molecule has 3 rings (SSSR count). The third-order valence-electron chi connectivity index (χ3n) is 5.32. The van der Waals surface area contributed by atoms with E-state index in [2.05, 4.69) is 5.32 Å². The number of ether oxygens (including phenoxy) is 2. The topological polar surface area (TPSA) is 102 Å². The summed E-state index contributed by atoms with van der Waals surface area (Å²) in [5.41, 5.74) is 0.506. The van der Waals surface area contributed by atoms with E-state index in [9.17, 15) is 26.8 Å². The van der Waals surface area contributed by atoms with E-state index < -0.39 is 50.5 Å². The SMILES string of the molecule is COc1ccc(NC(=O)C(C)OC(=O)C2CCN(S(=O)(=O)c3cc(F)ccc3F)CC2)cc1. The highest BCUT2D eigenvalue weighted by Crippen LogP contribution is 2.27. The zero-order valence-corrected chi connectivity index (χ0v) is 18.9. The normalized spacial score (nSPS) is 16.1. The average Bonchev–Trinajstić information content (AvgIpc) is 2.81. The Morgan fingerprint density at radius 3 is 2.33 bits per heavy atom. The summed E-state index contributed by atoms with van der Waals surface area (Å²) in [5.74, 6) is -3.05. The summed E-state index contributed by atoms with van der Waals surface area (Å²) in [7, 11) is -2.72. The lowest BCUT2D eigenvalue weighted by Crippen LogP contribution is -2.42. The first-order valence-electron chi connectivity index (χ1n) is 10.2. The van der Waals surface area contributed by atoms with Gasteiger partial charge in [-0.1, -0.05) is 0 Å². The minimum Gasteiger partial charge on any atom is -0.497 e. The van der Waals surface area contributed by atoms with Crippen molar-refractivity contribution in [2.45, 2.75) is 30.8 Å². The second kappa shape index (κ2) is 10.3. The van der Waals surface area contributed by atoms with Crippen LogP contribution in [-0.4, -0.2) is 50.9 Å². The Hall–Kier alpha value is -3.05. The predicted molar refractivity (Wildman–Crippen MR) is 115 cm³/mol. The van der Waals surface area contributed by atoms with Gasteiger partial charge in [-0.2, -0.15) is 4.31 Å². The molecule has 0 radical (unpaired) electrons. The summed E-state index contributed by atoms with van der Waals surface area (Å²) in [4.78, 5) is 24.0. The van der Waals surface area contributed by atoms with Gasteiger partial charge in [0.05, 0.1) is 13.0 Å². The molecule has 11 heteroatoms. The van der Waals surface area contributed by atoms with E-state index in [1.54, 1.807) is 24.3 Å². The number of sulfonamides is 1. The molecular formula is C22H24F2N2O6S. The molecular weight excluding hydrogens is 458 g/mol. The Morgan fingerprint density at radius 1 is 1.09 bits per heavy atom. The maximum atomic E-state index is 13.9. The summed E-state index contributed by atoms with van der Waals surface area (Å²) in [5, 5.41) is 2.63. The summed E-state index contributed by atoms with van der Waals surface area (Å²) >= 11 is 0. The third-order valence-corrected chi connectivity index (χ3v) is 7.23. The third kappa shape index (κ3) is 5.85. The van der Waals surface area contributed by atoms with Crippen LogP contribution in [0.15, 0.2) is 47.4 Å². The van der Waals surface area contributed by atoms with Crippen LogP contribution in [0.2, 0.25) is 0 Å². The van der Waals surface area contributed by atoms with Crippen molar-refractivity contribution in [3.8, 4) is 5.75 Å². The number of piperidine rings is 1. The summed E-state index contributed by atoms with van der Waals surface area (Å²) in [6.07, 6.45) is -0.813. The Balaban J connectivity index is 1.54. The van der Waals surface area contributed by atoms with Gasteiger partial charge >= 0.3 is 5.97 Å². The first-order valence-corrected chi connectivity index (χ1v) is 11.7.